The van der Waals surface area contributed by atoms with Crippen LogP contribution in [0.25, 0.3) is 0 Å². The van der Waals surface area contributed by atoms with Gasteiger partial charge in [-0.3, -0.25) is 10.3 Å². The first kappa shape index (κ1) is 13.1. The van der Waals surface area contributed by atoms with E-state index in [1.807, 2.05) is 18.2 Å². The second-order valence-corrected chi connectivity index (χ2v) is 4.68. The Morgan fingerprint density at radius 1 is 1.50 bits per heavy atom. The molecule has 1 atom stereocenters. The van der Waals surface area contributed by atoms with E-state index in [9.17, 15) is 0 Å². The van der Waals surface area contributed by atoms with Crippen LogP contribution in [-0.2, 0) is 11.3 Å². The molecule has 3 N–H and O–H groups in total. The van der Waals surface area contributed by atoms with Gasteiger partial charge >= 0.3 is 0 Å². The number of nitrogens with one attached hydrogen (secondary N) is 1. The number of benzene rings is 1. The molecule has 0 amide bonds. The van der Waals surface area contributed by atoms with E-state index in [1.54, 1.807) is 0 Å². The topological polar surface area (TPSA) is 62.3 Å². The Labute approximate surface area is 108 Å². The lowest BCUT2D eigenvalue weighted by Crippen LogP contribution is -2.44. The predicted molar refractivity (Wildman–Crippen MR) is 72.8 cm³/mol. The van der Waals surface area contributed by atoms with Crippen LogP contribution in [0.15, 0.2) is 24.3 Å². The maximum atomic E-state index is 7.62. The van der Waals surface area contributed by atoms with Crippen LogP contribution >= 0.6 is 0 Å². The van der Waals surface area contributed by atoms with E-state index in [-0.39, 0.29) is 5.84 Å². The van der Waals surface area contributed by atoms with Crippen LogP contribution in [0, 0.1) is 5.41 Å². The van der Waals surface area contributed by atoms with Gasteiger partial charge < -0.3 is 10.5 Å². The lowest BCUT2D eigenvalue weighted by atomic mass is 10.0. The first-order chi connectivity index (χ1) is 8.72. The van der Waals surface area contributed by atoms with Crippen molar-refractivity contribution in [2.75, 3.05) is 19.8 Å². The Morgan fingerprint density at radius 3 is 3.00 bits per heavy atom. The van der Waals surface area contributed by atoms with Gasteiger partial charge in [-0.2, -0.15) is 0 Å². The highest BCUT2D eigenvalue weighted by molar-refractivity contribution is 5.96. The molecule has 1 heterocycles. The number of hydrogen-bond acceptors (Lipinski definition) is 3. The first-order valence-electron chi connectivity index (χ1n) is 6.46. The Morgan fingerprint density at radius 2 is 2.28 bits per heavy atom. The third-order valence-corrected chi connectivity index (χ3v) is 3.50. The maximum Gasteiger partial charge on any atom is 0.123 e. The molecule has 0 aromatic heterocycles. The highest BCUT2D eigenvalue weighted by Crippen LogP contribution is 2.17. The van der Waals surface area contributed by atoms with E-state index >= 15 is 0 Å². The van der Waals surface area contributed by atoms with Crippen LogP contribution in [0.5, 0.6) is 0 Å². The van der Waals surface area contributed by atoms with E-state index in [2.05, 4.69) is 17.9 Å². The molecule has 0 aliphatic carbocycles. The molecule has 0 spiro atoms. The van der Waals surface area contributed by atoms with Crippen molar-refractivity contribution in [3.8, 4) is 0 Å². The van der Waals surface area contributed by atoms with Crippen LogP contribution in [0.1, 0.15) is 24.5 Å². The number of morpholine rings is 1. The summed E-state index contributed by atoms with van der Waals surface area (Å²) in [6, 6.07) is 8.37. The lowest BCUT2D eigenvalue weighted by molar-refractivity contribution is -0.0127. The monoisotopic (exact) mass is 247 g/mol. The second-order valence-electron chi connectivity index (χ2n) is 4.68. The molecular formula is C14H21N3O. The molecule has 1 fully saturated rings. The van der Waals surface area contributed by atoms with Crippen LogP contribution in [0.4, 0.5) is 0 Å². The summed E-state index contributed by atoms with van der Waals surface area (Å²) in [6.07, 6.45) is 1.09. The molecule has 4 heteroatoms. The summed E-state index contributed by atoms with van der Waals surface area (Å²) in [6.45, 7) is 5.57. The predicted octanol–water partition coefficient (Wildman–Crippen LogP) is 1.58. The van der Waals surface area contributed by atoms with E-state index in [1.165, 1.54) is 0 Å². The molecule has 0 saturated carbocycles. The van der Waals surface area contributed by atoms with Crippen molar-refractivity contribution in [3.05, 3.63) is 35.4 Å². The number of nitrogens with zero attached hydrogens (tertiary/aromatic N) is 1. The quantitative estimate of drug-likeness (QED) is 0.627. The number of nitrogen functional groups attached to an aromatic ring is 1. The minimum atomic E-state index is 0.145. The van der Waals surface area contributed by atoms with Gasteiger partial charge in [0.2, 0.25) is 0 Å². The van der Waals surface area contributed by atoms with Crippen LogP contribution in [0.2, 0.25) is 0 Å². The minimum Gasteiger partial charge on any atom is -0.384 e. The minimum absolute atomic E-state index is 0.145. The largest absolute Gasteiger partial charge is 0.384 e. The van der Waals surface area contributed by atoms with Crippen LogP contribution in [0.3, 0.4) is 0 Å². The second kappa shape index (κ2) is 5.98. The van der Waals surface area contributed by atoms with E-state index in [0.29, 0.717) is 6.04 Å². The average molecular weight is 247 g/mol. The number of amidine groups is 1. The standard InChI is InChI=1S/C14H21N3O/c1-2-12-10-18-8-7-17(12)9-11-5-3-4-6-13(11)14(15)16/h3-6,12H,2,7-10H2,1H3,(H3,15,16). The van der Waals surface area contributed by atoms with Gasteiger partial charge in [-0.1, -0.05) is 31.2 Å². The molecule has 1 unspecified atom stereocenters. The van der Waals surface area contributed by atoms with Crippen LogP contribution < -0.4 is 5.73 Å². The van der Waals surface area contributed by atoms with E-state index in [4.69, 9.17) is 15.9 Å². The molecule has 0 bridgehead atoms. The summed E-state index contributed by atoms with van der Waals surface area (Å²) in [5, 5.41) is 7.62. The first-order valence-corrected chi connectivity index (χ1v) is 6.46. The van der Waals surface area contributed by atoms with Gasteiger partial charge in [0.25, 0.3) is 0 Å². The van der Waals surface area contributed by atoms with Crippen molar-refractivity contribution < 1.29 is 4.74 Å². The summed E-state index contributed by atoms with van der Waals surface area (Å²) < 4.78 is 5.51. The van der Waals surface area contributed by atoms with Crippen molar-refractivity contribution in [2.24, 2.45) is 5.73 Å². The number of nitrogens with two attached hydrogens (primary N) is 1. The zero-order valence-corrected chi connectivity index (χ0v) is 10.9. The number of rotatable bonds is 4. The summed E-state index contributed by atoms with van der Waals surface area (Å²) >= 11 is 0. The summed E-state index contributed by atoms with van der Waals surface area (Å²) in [5.41, 5.74) is 7.60. The van der Waals surface area contributed by atoms with Crippen molar-refractivity contribution in [3.63, 3.8) is 0 Å². The fraction of sp³-hybridized carbons (Fsp3) is 0.500. The molecule has 1 aromatic carbocycles. The smallest absolute Gasteiger partial charge is 0.123 e. The zero-order chi connectivity index (χ0) is 13.0. The van der Waals surface area contributed by atoms with Gasteiger partial charge in [-0.25, -0.2) is 0 Å². The SMILES string of the molecule is CCC1COCCN1Cc1ccccc1C(=N)N. The van der Waals surface area contributed by atoms with Gasteiger partial charge in [-0.15, -0.1) is 0 Å². The molecule has 1 aliphatic heterocycles. The highest BCUT2D eigenvalue weighted by atomic mass is 16.5. The Bertz CT molecular complexity index is 419. The third kappa shape index (κ3) is 2.89. The molecule has 2 rings (SSSR count). The Kier molecular flexibility index (Phi) is 4.33. The van der Waals surface area contributed by atoms with Crippen molar-refractivity contribution >= 4 is 5.84 Å². The molecule has 1 saturated heterocycles. The molecule has 0 radical (unpaired) electrons. The summed E-state index contributed by atoms with van der Waals surface area (Å²) in [4.78, 5) is 2.42. The normalized spacial score (nSPS) is 20.8. The van der Waals surface area contributed by atoms with Gasteiger partial charge in [-0.05, 0) is 12.0 Å². The van der Waals surface area contributed by atoms with Gasteiger partial charge in [0.15, 0.2) is 0 Å². The maximum absolute atomic E-state index is 7.62. The van der Waals surface area contributed by atoms with Crippen molar-refractivity contribution in [2.45, 2.75) is 25.9 Å². The van der Waals surface area contributed by atoms with Gasteiger partial charge in [0.1, 0.15) is 5.84 Å². The summed E-state index contributed by atoms with van der Waals surface area (Å²) in [7, 11) is 0. The highest BCUT2D eigenvalue weighted by Gasteiger charge is 2.22. The number of ether oxygens (including phenoxy) is 1. The Balaban J connectivity index is 2.15. The third-order valence-electron chi connectivity index (χ3n) is 3.50. The molecular weight excluding hydrogens is 226 g/mol. The molecule has 4 nitrogen and oxygen atoms in total. The van der Waals surface area contributed by atoms with Gasteiger partial charge in [0, 0.05) is 24.7 Å². The van der Waals surface area contributed by atoms with Crippen LogP contribution in [-0.4, -0.2) is 36.5 Å². The molecule has 1 aromatic rings. The molecule has 18 heavy (non-hydrogen) atoms. The summed E-state index contributed by atoms with van der Waals surface area (Å²) in [5.74, 6) is 0.145. The average Bonchev–Trinajstić information content (AvgIpc) is 2.40. The van der Waals surface area contributed by atoms with E-state index in [0.717, 1.165) is 43.9 Å². The lowest BCUT2D eigenvalue weighted by Gasteiger charge is -2.35. The fourth-order valence-electron chi connectivity index (χ4n) is 2.41. The van der Waals surface area contributed by atoms with Crippen molar-refractivity contribution in [1.82, 2.24) is 4.90 Å². The van der Waals surface area contributed by atoms with E-state index < -0.39 is 0 Å². The Hall–Kier alpha value is -1.39. The molecule has 98 valence electrons. The molecule has 1 aliphatic rings. The fourth-order valence-corrected chi connectivity index (χ4v) is 2.41. The number of hydrogen-bond donors (Lipinski definition) is 2. The van der Waals surface area contributed by atoms with Crippen molar-refractivity contribution in [1.29, 1.82) is 5.41 Å². The van der Waals surface area contributed by atoms with Gasteiger partial charge in [0.05, 0.1) is 13.2 Å². The zero-order valence-electron chi connectivity index (χ0n) is 10.9.